The molecule has 2 nitrogen and oxygen atoms in total. The Morgan fingerprint density at radius 1 is 0.365 bits per heavy atom. The maximum Gasteiger partial charge on any atom is 0.316 e. The quantitative estimate of drug-likeness (QED) is 0.0466. The third-order valence-electron chi connectivity index (χ3n) is 14.4. The van der Waals surface area contributed by atoms with Gasteiger partial charge in [0.15, 0.2) is 4.20 Å². The van der Waals surface area contributed by atoms with Gasteiger partial charge < -0.3 is 0 Å². The van der Waals surface area contributed by atoms with Crippen LogP contribution in [0.15, 0.2) is 279 Å². The van der Waals surface area contributed by atoms with Crippen molar-refractivity contribution in [1.29, 1.82) is 0 Å². The van der Waals surface area contributed by atoms with Crippen LogP contribution in [0, 0.1) is 13.8 Å². The molecule has 0 atom stereocenters. The average Bonchev–Trinajstić information content (AvgIpc) is 3.88. The van der Waals surface area contributed by atoms with Crippen molar-refractivity contribution in [2.24, 2.45) is 0 Å². The largest absolute Gasteiger partial charge is 0.316 e. The van der Waals surface area contributed by atoms with E-state index in [-0.39, 0.29) is 23.7 Å². The van der Waals surface area contributed by atoms with Crippen molar-refractivity contribution in [3.05, 3.63) is 363 Å². The smallest absolute Gasteiger partial charge is 0.193 e. The van der Waals surface area contributed by atoms with Gasteiger partial charge in [-0.15, -0.1) is 12.6 Å². The van der Waals surface area contributed by atoms with Crippen LogP contribution in [0.1, 0.15) is 107 Å². The summed E-state index contributed by atoms with van der Waals surface area (Å²) in [4.78, 5) is 0. The molecule has 0 bridgehead atoms. The summed E-state index contributed by atoms with van der Waals surface area (Å²) >= 11 is 11.9. The molecule has 11 aromatic rings. The van der Waals surface area contributed by atoms with Gasteiger partial charge in [0.05, 0.1) is 0 Å². The second-order valence-electron chi connectivity index (χ2n) is 19.3. The third-order valence-corrected chi connectivity index (χ3v) is 14.8. The summed E-state index contributed by atoms with van der Waals surface area (Å²) in [5.41, 5.74) is 18.8. The van der Waals surface area contributed by atoms with E-state index in [1.54, 1.807) is 0 Å². The van der Waals surface area contributed by atoms with Gasteiger partial charge in [-0.1, -0.05) is 290 Å². The van der Waals surface area contributed by atoms with Gasteiger partial charge in [0, 0.05) is 45.9 Å². The fourth-order valence-corrected chi connectivity index (χ4v) is 11.8. The molecule has 0 saturated heterocycles. The van der Waals surface area contributed by atoms with Gasteiger partial charge in [0.1, 0.15) is 23.8 Å². The minimum absolute atomic E-state index is 0.137. The minimum atomic E-state index is -0.137. The van der Waals surface area contributed by atoms with Crippen molar-refractivity contribution in [2.75, 3.05) is 0 Å². The second kappa shape index (κ2) is 21.9. The molecule has 0 unspecified atom stereocenters. The average molecular weight is 990 g/mol. The van der Waals surface area contributed by atoms with Crippen molar-refractivity contribution < 1.29 is 4.57 Å². The molecule has 0 spiro atoms. The Labute approximate surface area is 447 Å². The van der Waals surface area contributed by atoms with E-state index >= 15 is 0 Å². The van der Waals surface area contributed by atoms with E-state index in [4.69, 9.17) is 24.8 Å². The van der Waals surface area contributed by atoms with Gasteiger partial charge in [0.2, 0.25) is 0 Å². The lowest BCUT2D eigenvalue weighted by Crippen LogP contribution is -2.39. The summed E-state index contributed by atoms with van der Waals surface area (Å²) in [6, 6.07) is 97.2. The number of aryl methyl sites for hydroxylation is 2. The number of aromatic nitrogens is 2. The monoisotopic (exact) mass is 989 g/mol. The molecule has 74 heavy (non-hydrogen) atoms. The first-order valence-corrected chi connectivity index (χ1v) is 26.3. The molecule has 358 valence electrons. The van der Waals surface area contributed by atoms with Crippen LogP contribution in [-0.4, -0.2) is 8.76 Å². The first kappa shape index (κ1) is 48.1. The maximum atomic E-state index is 6.55. The number of imidazole rings is 1. The summed E-state index contributed by atoms with van der Waals surface area (Å²) in [5.74, 6) is 0.244. The molecule has 0 aliphatic carbocycles. The number of thiocarbonyl (C=S) groups is 1. The molecular formula is C70H57N2S2+. The summed E-state index contributed by atoms with van der Waals surface area (Å²) in [5, 5.41) is 0. The van der Waals surface area contributed by atoms with Crippen LogP contribution in [0.2, 0.25) is 0 Å². The number of rotatable bonds is 15. The topological polar surface area (TPSA) is 8.81 Å². The summed E-state index contributed by atoms with van der Waals surface area (Å²) in [6.45, 7) is 4.48. The second-order valence-corrected chi connectivity index (χ2v) is 20.4. The number of thiol groups is 1. The van der Waals surface area contributed by atoms with Crippen molar-refractivity contribution in [3.63, 3.8) is 0 Å². The molecule has 0 amide bonds. The number of nitrogens with zero attached hydrogens (tertiary/aromatic N) is 2. The lowest BCUT2D eigenvalue weighted by molar-refractivity contribution is -0.596. The highest BCUT2D eigenvalue weighted by atomic mass is 32.1. The Hall–Kier alpha value is -8.15. The normalized spacial score (nSPS) is 11.4. The first-order chi connectivity index (χ1) is 36.4. The molecule has 10 aromatic carbocycles. The Balaban J connectivity index is 1.29. The standard InChI is InChI=1S/C70H56N2S2/c1-49-45-59(63(51-27-11-3-12-28-51)52-29-13-4-14-30-52)67(60(46-49)64(53-31-15-5-16-32-53)54-33-17-6-18-34-54)71-43-44-72(69(71)70(73)74)68-61(65(55-35-19-7-20-36-55)56-37-21-8-22-38-56)47-50(2)48-62(68)66(57-39-23-9-24-40-57)58-41-25-10-26-42-58/h3-48,63-66H,1-2H3/p+1. The van der Waals surface area contributed by atoms with Crippen LogP contribution >= 0.6 is 24.8 Å². The van der Waals surface area contributed by atoms with Crippen molar-refractivity contribution in [3.8, 4) is 11.4 Å². The van der Waals surface area contributed by atoms with Gasteiger partial charge in [-0.25, -0.2) is 0 Å². The van der Waals surface area contributed by atoms with Gasteiger partial charge in [-0.3, -0.25) is 0 Å². The van der Waals surface area contributed by atoms with E-state index in [0.717, 1.165) is 17.2 Å². The van der Waals surface area contributed by atoms with E-state index in [1.165, 1.54) is 77.9 Å². The summed E-state index contributed by atoms with van der Waals surface area (Å²) in [7, 11) is 0. The molecule has 0 saturated carbocycles. The molecule has 0 aliphatic heterocycles. The Bertz CT molecular complexity index is 3040. The van der Waals surface area contributed by atoms with Crippen LogP contribution in [0.25, 0.3) is 11.4 Å². The van der Waals surface area contributed by atoms with Crippen LogP contribution in [0.4, 0.5) is 0 Å². The summed E-state index contributed by atoms with van der Waals surface area (Å²) in [6.07, 6.45) is 4.48. The highest BCUT2D eigenvalue weighted by Crippen LogP contribution is 2.46. The van der Waals surface area contributed by atoms with E-state index < -0.39 is 0 Å². The molecule has 4 heteroatoms. The van der Waals surface area contributed by atoms with Crippen molar-refractivity contribution in [2.45, 2.75) is 37.5 Å². The predicted molar refractivity (Wildman–Crippen MR) is 313 cm³/mol. The van der Waals surface area contributed by atoms with E-state index in [9.17, 15) is 0 Å². The lowest BCUT2D eigenvalue weighted by Gasteiger charge is -2.28. The predicted octanol–water partition coefficient (Wildman–Crippen LogP) is 16.7. The van der Waals surface area contributed by atoms with Crippen molar-refractivity contribution in [1.82, 2.24) is 4.57 Å². The Morgan fingerprint density at radius 2 is 0.595 bits per heavy atom. The fourth-order valence-electron chi connectivity index (χ4n) is 11.4. The van der Waals surface area contributed by atoms with E-state index in [0.29, 0.717) is 4.20 Å². The fraction of sp³-hybridized carbons (Fsp3) is 0.0857. The van der Waals surface area contributed by atoms with Crippen LogP contribution in [0.3, 0.4) is 0 Å². The Kier molecular flexibility index (Phi) is 14.3. The number of benzene rings is 10. The van der Waals surface area contributed by atoms with E-state index in [1.807, 2.05) is 0 Å². The molecule has 0 N–H and O–H groups in total. The van der Waals surface area contributed by atoms with Crippen LogP contribution in [0.5, 0.6) is 0 Å². The van der Waals surface area contributed by atoms with Gasteiger partial charge >= 0.3 is 5.82 Å². The lowest BCUT2D eigenvalue weighted by atomic mass is 9.78. The highest BCUT2D eigenvalue weighted by molar-refractivity contribution is 8.11. The minimum Gasteiger partial charge on any atom is -0.193 e. The van der Waals surface area contributed by atoms with Gasteiger partial charge in [-0.2, -0.15) is 9.13 Å². The van der Waals surface area contributed by atoms with Gasteiger partial charge in [-0.05, 0) is 58.4 Å². The third kappa shape index (κ3) is 9.75. The molecule has 1 aromatic heterocycles. The summed E-state index contributed by atoms with van der Waals surface area (Å²) < 4.78 is 5.21. The number of hydrogen-bond donors (Lipinski definition) is 1. The molecule has 0 aliphatic rings. The molecule has 0 radical (unpaired) electrons. The molecule has 0 fully saturated rings. The van der Waals surface area contributed by atoms with Crippen LogP contribution < -0.4 is 4.57 Å². The highest BCUT2D eigenvalue weighted by Gasteiger charge is 2.37. The molecule has 11 rings (SSSR count). The zero-order chi connectivity index (χ0) is 50.4. The molecular weight excluding hydrogens is 933 g/mol. The Morgan fingerprint density at radius 3 is 0.838 bits per heavy atom. The SMILES string of the molecule is Cc1cc(C(c2ccccc2)c2ccccc2)c(-n2cc[n+](-c3c(C(c4ccccc4)c4ccccc4)cc(C)cc3C(c3ccccc3)c3ccccc3)c2C(=S)S)c(C(c2ccccc2)c2ccccc2)c1. The van der Waals surface area contributed by atoms with E-state index in [2.05, 4.69) is 302 Å². The van der Waals surface area contributed by atoms with Crippen molar-refractivity contribution >= 4 is 29.0 Å². The van der Waals surface area contributed by atoms with Gasteiger partial charge in [0.25, 0.3) is 0 Å². The zero-order valence-corrected chi connectivity index (χ0v) is 43.3. The molecule has 1 heterocycles. The zero-order valence-electron chi connectivity index (χ0n) is 41.6. The first-order valence-electron chi connectivity index (χ1n) is 25.5. The number of hydrogen-bond acceptors (Lipinski definition) is 1. The maximum absolute atomic E-state index is 6.55. The van der Waals surface area contributed by atoms with Crippen LogP contribution in [-0.2, 0) is 0 Å².